The van der Waals surface area contributed by atoms with Gasteiger partial charge in [0.1, 0.15) is 0 Å². The zero-order valence-corrected chi connectivity index (χ0v) is 14.3. The van der Waals surface area contributed by atoms with Gasteiger partial charge in [0, 0.05) is 18.0 Å². The Morgan fingerprint density at radius 3 is 2.86 bits per heavy atom. The van der Waals surface area contributed by atoms with Crippen molar-refractivity contribution in [2.24, 2.45) is 5.92 Å². The average Bonchev–Trinajstić information content (AvgIpc) is 2.82. The van der Waals surface area contributed by atoms with Crippen molar-refractivity contribution < 1.29 is 13.2 Å². The number of hydrogen-bond donors (Lipinski definition) is 1. The summed E-state index contributed by atoms with van der Waals surface area (Å²) in [6.45, 7) is 3.34. The second kappa shape index (κ2) is 6.25. The SMILES string of the molecule is CC1CCc2nc(NC(=O)CN3CCS(=O)(=O)CC3)sc2C1. The van der Waals surface area contributed by atoms with Crippen molar-refractivity contribution in [3.8, 4) is 0 Å². The number of aromatic nitrogens is 1. The van der Waals surface area contributed by atoms with Crippen LogP contribution in [0.5, 0.6) is 0 Å². The van der Waals surface area contributed by atoms with Crippen molar-refractivity contribution in [3.63, 3.8) is 0 Å². The number of thiazole rings is 1. The summed E-state index contributed by atoms with van der Waals surface area (Å²) < 4.78 is 22.8. The Labute approximate surface area is 134 Å². The van der Waals surface area contributed by atoms with E-state index < -0.39 is 9.84 Å². The highest BCUT2D eigenvalue weighted by Crippen LogP contribution is 2.32. The van der Waals surface area contributed by atoms with E-state index in [4.69, 9.17) is 0 Å². The first kappa shape index (κ1) is 15.9. The minimum absolute atomic E-state index is 0.113. The number of carbonyl (C=O) groups is 1. The standard InChI is InChI=1S/C14H21N3O3S2/c1-10-2-3-11-12(8-10)21-14(15-11)16-13(18)9-17-4-6-22(19,20)7-5-17/h10H,2-9H2,1H3,(H,15,16,18). The van der Waals surface area contributed by atoms with Crippen molar-refractivity contribution in [2.75, 3.05) is 36.5 Å². The van der Waals surface area contributed by atoms with Gasteiger partial charge in [-0.15, -0.1) is 11.3 Å². The van der Waals surface area contributed by atoms with Gasteiger partial charge in [-0.1, -0.05) is 6.92 Å². The summed E-state index contributed by atoms with van der Waals surface area (Å²) in [4.78, 5) is 19.8. The number of hydrogen-bond acceptors (Lipinski definition) is 6. The first-order chi connectivity index (χ1) is 10.4. The minimum atomic E-state index is -2.90. The normalized spacial score (nSPS) is 24.7. The molecule has 122 valence electrons. The third-order valence-corrected chi connectivity index (χ3v) is 6.88. The van der Waals surface area contributed by atoms with Gasteiger partial charge in [0.25, 0.3) is 0 Å². The maximum atomic E-state index is 12.1. The largest absolute Gasteiger partial charge is 0.301 e. The quantitative estimate of drug-likeness (QED) is 0.883. The maximum absolute atomic E-state index is 12.1. The average molecular weight is 343 g/mol. The first-order valence-corrected chi connectivity index (χ1v) is 10.3. The van der Waals surface area contributed by atoms with Crippen molar-refractivity contribution in [2.45, 2.75) is 26.2 Å². The van der Waals surface area contributed by atoms with Crippen LogP contribution >= 0.6 is 11.3 Å². The van der Waals surface area contributed by atoms with Crippen LogP contribution in [0, 0.1) is 5.92 Å². The molecular weight excluding hydrogens is 322 g/mol. The molecule has 2 heterocycles. The Hall–Kier alpha value is -0.990. The number of carbonyl (C=O) groups excluding carboxylic acids is 1. The molecule has 0 radical (unpaired) electrons. The molecule has 22 heavy (non-hydrogen) atoms. The van der Waals surface area contributed by atoms with Crippen LogP contribution in [0.15, 0.2) is 0 Å². The van der Waals surface area contributed by atoms with Gasteiger partial charge in [-0.2, -0.15) is 0 Å². The van der Waals surface area contributed by atoms with Gasteiger partial charge in [0.15, 0.2) is 15.0 Å². The lowest BCUT2D eigenvalue weighted by Crippen LogP contribution is -2.43. The maximum Gasteiger partial charge on any atom is 0.240 e. The third kappa shape index (κ3) is 3.85. The van der Waals surface area contributed by atoms with Crippen LogP contribution in [-0.4, -0.2) is 55.3 Å². The van der Waals surface area contributed by atoms with Crippen LogP contribution in [0.1, 0.15) is 23.9 Å². The van der Waals surface area contributed by atoms with Gasteiger partial charge in [-0.05, 0) is 25.2 Å². The number of fused-ring (bicyclic) bond motifs is 1. The highest BCUT2D eigenvalue weighted by molar-refractivity contribution is 7.91. The second-order valence-electron chi connectivity index (χ2n) is 6.21. The molecule has 0 aromatic carbocycles. The highest BCUT2D eigenvalue weighted by Gasteiger charge is 2.24. The van der Waals surface area contributed by atoms with E-state index in [1.165, 1.54) is 4.88 Å². The van der Waals surface area contributed by atoms with Crippen molar-refractivity contribution in [1.29, 1.82) is 0 Å². The summed E-state index contributed by atoms with van der Waals surface area (Å²) >= 11 is 1.57. The summed E-state index contributed by atoms with van der Waals surface area (Å²) in [6.07, 6.45) is 3.20. The molecule has 8 heteroatoms. The Balaban J connectivity index is 1.54. The molecule has 1 amide bonds. The topological polar surface area (TPSA) is 79.4 Å². The van der Waals surface area contributed by atoms with E-state index in [0.29, 0.717) is 24.1 Å². The van der Waals surface area contributed by atoms with Gasteiger partial charge in [0.05, 0.1) is 23.7 Å². The molecule has 1 unspecified atom stereocenters. The fourth-order valence-electron chi connectivity index (χ4n) is 2.86. The Morgan fingerprint density at radius 2 is 2.14 bits per heavy atom. The lowest BCUT2D eigenvalue weighted by atomic mass is 9.93. The third-order valence-electron chi connectivity index (χ3n) is 4.24. The van der Waals surface area contributed by atoms with Crippen LogP contribution < -0.4 is 5.32 Å². The second-order valence-corrected chi connectivity index (χ2v) is 9.60. The molecule has 1 aliphatic heterocycles. The molecule has 1 aromatic rings. The molecule has 3 rings (SSSR count). The highest BCUT2D eigenvalue weighted by atomic mass is 32.2. The van der Waals surface area contributed by atoms with Crippen LogP contribution in [0.25, 0.3) is 0 Å². The smallest absolute Gasteiger partial charge is 0.240 e. The van der Waals surface area contributed by atoms with Gasteiger partial charge >= 0.3 is 0 Å². The Morgan fingerprint density at radius 1 is 1.41 bits per heavy atom. The summed E-state index contributed by atoms with van der Waals surface area (Å²) in [7, 11) is -2.90. The molecule has 0 spiro atoms. The van der Waals surface area contributed by atoms with E-state index >= 15 is 0 Å². The lowest BCUT2D eigenvalue weighted by molar-refractivity contribution is -0.117. The monoisotopic (exact) mass is 343 g/mol. The van der Waals surface area contributed by atoms with Gasteiger partial charge in [0.2, 0.25) is 5.91 Å². The molecule has 1 N–H and O–H groups in total. The molecule has 6 nitrogen and oxygen atoms in total. The predicted molar refractivity (Wildman–Crippen MR) is 87.0 cm³/mol. The van der Waals surface area contributed by atoms with E-state index in [0.717, 1.165) is 25.0 Å². The van der Waals surface area contributed by atoms with Gasteiger partial charge < -0.3 is 5.32 Å². The van der Waals surface area contributed by atoms with Crippen LogP contribution in [-0.2, 0) is 27.5 Å². The van der Waals surface area contributed by atoms with Crippen molar-refractivity contribution >= 4 is 32.2 Å². The van der Waals surface area contributed by atoms with E-state index in [2.05, 4.69) is 17.2 Å². The molecule has 1 aromatic heterocycles. The van der Waals surface area contributed by atoms with Crippen LogP contribution in [0.4, 0.5) is 5.13 Å². The van der Waals surface area contributed by atoms with E-state index in [1.807, 2.05) is 4.90 Å². The molecule has 1 fully saturated rings. The molecule has 1 aliphatic carbocycles. The summed E-state index contributed by atoms with van der Waals surface area (Å²) in [5.74, 6) is 0.859. The number of anilines is 1. The first-order valence-electron chi connectivity index (χ1n) is 7.62. The fourth-order valence-corrected chi connectivity index (χ4v) is 5.33. The molecule has 0 saturated carbocycles. The van der Waals surface area contributed by atoms with Crippen LogP contribution in [0.3, 0.4) is 0 Å². The molecule has 2 aliphatic rings. The Kier molecular flexibility index (Phi) is 4.52. The zero-order valence-electron chi connectivity index (χ0n) is 12.7. The molecular formula is C14H21N3O3S2. The van der Waals surface area contributed by atoms with Gasteiger partial charge in [-0.3, -0.25) is 9.69 Å². The van der Waals surface area contributed by atoms with Crippen LogP contribution in [0.2, 0.25) is 0 Å². The van der Waals surface area contributed by atoms with Crippen molar-refractivity contribution in [3.05, 3.63) is 10.6 Å². The number of amides is 1. The fraction of sp³-hybridized carbons (Fsp3) is 0.714. The van der Waals surface area contributed by atoms with E-state index in [-0.39, 0.29) is 24.0 Å². The number of rotatable bonds is 3. The van der Waals surface area contributed by atoms with Gasteiger partial charge in [-0.25, -0.2) is 13.4 Å². The van der Waals surface area contributed by atoms with Crippen molar-refractivity contribution in [1.82, 2.24) is 9.88 Å². The molecule has 1 atom stereocenters. The molecule has 1 saturated heterocycles. The Bertz CT molecular complexity index is 655. The number of sulfone groups is 1. The van der Waals surface area contributed by atoms with E-state index in [9.17, 15) is 13.2 Å². The summed E-state index contributed by atoms with van der Waals surface area (Å²) in [6, 6.07) is 0. The number of nitrogens with zero attached hydrogens (tertiary/aromatic N) is 2. The summed E-state index contributed by atoms with van der Waals surface area (Å²) in [5.41, 5.74) is 1.13. The molecule has 0 bridgehead atoms. The zero-order chi connectivity index (χ0) is 15.7. The predicted octanol–water partition coefficient (Wildman–Crippen LogP) is 0.937. The van der Waals surface area contributed by atoms with E-state index in [1.54, 1.807) is 11.3 Å². The number of nitrogens with one attached hydrogen (secondary N) is 1. The number of aryl methyl sites for hydroxylation is 1. The lowest BCUT2D eigenvalue weighted by Gasteiger charge is -2.25. The summed E-state index contributed by atoms with van der Waals surface area (Å²) in [5, 5.41) is 3.53. The minimum Gasteiger partial charge on any atom is -0.301 e.